The molecule has 5 aromatic rings. The summed E-state index contributed by atoms with van der Waals surface area (Å²) in [6.45, 7) is 1.19. The number of aromatic nitrogens is 7. The lowest BCUT2D eigenvalue weighted by Gasteiger charge is -2.08. The minimum atomic E-state index is 0.105. The Labute approximate surface area is 195 Å². The van der Waals surface area contributed by atoms with Crippen LogP contribution in [0.1, 0.15) is 12.0 Å². The fourth-order valence-corrected chi connectivity index (χ4v) is 3.55. The topological polar surface area (TPSA) is 115 Å². The monoisotopic (exact) mass is 456 g/mol. The SMILES string of the molecule is Cn1ncc(-c2ccc(CNc3cc(-c4cnc5cc(OCCCO)ccn45)ncn3)cc2)n1. The molecule has 4 aromatic heterocycles. The Morgan fingerprint density at radius 1 is 1.00 bits per heavy atom. The summed E-state index contributed by atoms with van der Waals surface area (Å²) in [6.07, 6.45) is 7.57. The standard InChI is InChI=1S/C24H24N8O2/c1-31-29-14-21(30-31)18-5-3-17(4-6-18)13-25-23-12-20(27-16-28-23)22-15-26-24-11-19(7-8-32(22)24)34-10-2-9-33/h3-8,11-12,14-16,33H,2,9-10,13H2,1H3,(H,25,27,28). The summed E-state index contributed by atoms with van der Waals surface area (Å²) >= 11 is 0. The van der Waals surface area contributed by atoms with E-state index in [1.54, 1.807) is 30.6 Å². The minimum absolute atomic E-state index is 0.105. The molecule has 0 saturated heterocycles. The number of ether oxygens (including phenoxy) is 1. The molecule has 172 valence electrons. The highest BCUT2D eigenvalue weighted by Crippen LogP contribution is 2.23. The number of rotatable bonds is 9. The van der Waals surface area contributed by atoms with Gasteiger partial charge >= 0.3 is 0 Å². The molecule has 0 amide bonds. The summed E-state index contributed by atoms with van der Waals surface area (Å²) in [5.41, 5.74) is 5.37. The van der Waals surface area contributed by atoms with Crippen LogP contribution in [0.5, 0.6) is 5.75 Å². The molecule has 0 saturated carbocycles. The minimum Gasteiger partial charge on any atom is -0.493 e. The van der Waals surface area contributed by atoms with Crippen LogP contribution in [0, 0.1) is 0 Å². The largest absolute Gasteiger partial charge is 0.493 e. The highest BCUT2D eigenvalue weighted by Gasteiger charge is 2.10. The van der Waals surface area contributed by atoms with Crippen molar-refractivity contribution in [1.29, 1.82) is 0 Å². The zero-order valence-corrected chi connectivity index (χ0v) is 18.7. The first-order chi connectivity index (χ1) is 16.7. The summed E-state index contributed by atoms with van der Waals surface area (Å²) in [4.78, 5) is 14.8. The van der Waals surface area contributed by atoms with Gasteiger partial charge in [-0.25, -0.2) is 15.0 Å². The number of aryl methyl sites for hydroxylation is 1. The molecule has 0 radical (unpaired) electrons. The van der Waals surface area contributed by atoms with E-state index >= 15 is 0 Å². The number of nitrogens with one attached hydrogen (secondary N) is 1. The number of aliphatic hydroxyl groups is 1. The maximum Gasteiger partial charge on any atom is 0.140 e. The lowest BCUT2D eigenvalue weighted by atomic mass is 10.1. The van der Waals surface area contributed by atoms with Gasteiger partial charge < -0.3 is 15.2 Å². The number of fused-ring (bicyclic) bond motifs is 1. The van der Waals surface area contributed by atoms with E-state index in [0.717, 1.165) is 39.7 Å². The van der Waals surface area contributed by atoms with Gasteiger partial charge in [0.15, 0.2) is 0 Å². The van der Waals surface area contributed by atoms with Gasteiger partial charge in [0.1, 0.15) is 29.2 Å². The van der Waals surface area contributed by atoms with Crippen LogP contribution in [0.3, 0.4) is 0 Å². The van der Waals surface area contributed by atoms with Crippen LogP contribution in [0.4, 0.5) is 5.82 Å². The van der Waals surface area contributed by atoms with E-state index in [-0.39, 0.29) is 6.61 Å². The first-order valence-electron chi connectivity index (χ1n) is 10.9. The third-order valence-corrected chi connectivity index (χ3v) is 5.31. The van der Waals surface area contributed by atoms with Crippen LogP contribution in [0.15, 0.2) is 67.4 Å². The number of hydrogen-bond donors (Lipinski definition) is 2. The van der Waals surface area contributed by atoms with Crippen LogP contribution in [0.25, 0.3) is 28.3 Å². The van der Waals surface area contributed by atoms with Gasteiger partial charge in [0.05, 0.1) is 30.4 Å². The van der Waals surface area contributed by atoms with E-state index in [0.29, 0.717) is 25.3 Å². The molecular weight excluding hydrogens is 432 g/mol. The fourth-order valence-electron chi connectivity index (χ4n) is 3.55. The molecule has 10 nitrogen and oxygen atoms in total. The van der Waals surface area contributed by atoms with Gasteiger partial charge in [-0.15, -0.1) is 0 Å². The molecule has 4 heterocycles. The Hall–Kier alpha value is -4.31. The molecule has 5 rings (SSSR count). The van der Waals surface area contributed by atoms with Gasteiger partial charge in [0, 0.05) is 50.5 Å². The van der Waals surface area contributed by atoms with Gasteiger partial charge in [0.25, 0.3) is 0 Å². The Morgan fingerprint density at radius 3 is 2.68 bits per heavy atom. The molecular formula is C24H24N8O2. The van der Waals surface area contributed by atoms with Crippen molar-refractivity contribution in [3.8, 4) is 28.4 Å². The number of anilines is 1. The summed E-state index contributed by atoms with van der Waals surface area (Å²) < 4.78 is 7.59. The van der Waals surface area contributed by atoms with Crippen molar-refractivity contribution in [3.05, 3.63) is 72.9 Å². The average Bonchev–Trinajstić information content (AvgIpc) is 3.49. The highest BCUT2D eigenvalue weighted by molar-refractivity contribution is 5.63. The molecule has 2 N–H and O–H groups in total. The molecule has 34 heavy (non-hydrogen) atoms. The number of nitrogens with zero attached hydrogens (tertiary/aromatic N) is 7. The molecule has 0 aliphatic carbocycles. The number of benzene rings is 1. The summed E-state index contributed by atoms with van der Waals surface area (Å²) in [5.74, 6) is 1.44. The molecule has 10 heteroatoms. The van der Waals surface area contributed by atoms with E-state index < -0.39 is 0 Å². The van der Waals surface area contributed by atoms with Crippen LogP contribution in [0.2, 0.25) is 0 Å². The van der Waals surface area contributed by atoms with Gasteiger partial charge in [0.2, 0.25) is 0 Å². The van der Waals surface area contributed by atoms with Gasteiger partial charge in [-0.05, 0) is 11.6 Å². The Balaban J connectivity index is 1.28. The normalized spacial score (nSPS) is 11.1. The van der Waals surface area contributed by atoms with E-state index in [4.69, 9.17) is 9.84 Å². The van der Waals surface area contributed by atoms with Gasteiger partial charge in [-0.3, -0.25) is 4.40 Å². The van der Waals surface area contributed by atoms with E-state index in [1.165, 1.54) is 0 Å². The van der Waals surface area contributed by atoms with Crippen molar-refractivity contribution in [2.45, 2.75) is 13.0 Å². The van der Waals surface area contributed by atoms with Gasteiger partial charge in [-0.2, -0.15) is 15.0 Å². The zero-order valence-electron chi connectivity index (χ0n) is 18.7. The molecule has 0 atom stereocenters. The van der Waals surface area contributed by atoms with E-state index in [9.17, 15) is 0 Å². The summed E-state index contributed by atoms with van der Waals surface area (Å²) in [7, 11) is 1.80. The second-order valence-electron chi connectivity index (χ2n) is 7.72. The molecule has 0 aliphatic heterocycles. The predicted molar refractivity (Wildman–Crippen MR) is 127 cm³/mol. The molecule has 0 aliphatic rings. The zero-order chi connectivity index (χ0) is 23.3. The second kappa shape index (κ2) is 9.67. The molecule has 0 spiro atoms. The van der Waals surface area contributed by atoms with E-state index in [1.807, 2.05) is 40.9 Å². The smallest absolute Gasteiger partial charge is 0.140 e. The van der Waals surface area contributed by atoms with Crippen molar-refractivity contribution in [2.24, 2.45) is 7.05 Å². The second-order valence-corrected chi connectivity index (χ2v) is 7.72. The predicted octanol–water partition coefficient (Wildman–Crippen LogP) is 2.96. The number of imidazole rings is 1. The quantitative estimate of drug-likeness (QED) is 0.325. The van der Waals surface area contributed by atoms with Crippen molar-refractivity contribution < 1.29 is 9.84 Å². The maximum absolute atomic E-state index is 8.91. The third-order valence-electron chi connectivity index (χ3n) is 5.31. The summed E-state index contributed by atoms with van der Waals surface area (Å²) in [6, 6.07) is 13.8. The number of pyridine rings is 1. The first kappa shape index (κ1) is 21.5. The van der Waals surface area contributed by atoms with Crippen LogP contribution in [-0.2, 0) is 13.6 Å². The van der Waals surface area contributed by atoms with Crippen molar-refractivity contribution >= 4 is 11.5 Å². The lowest BCUT2D eigenvalue weighted by Crippen LogP contribution is -2.02. The molecule has 0 bridgehead atoms. The highest BCUT2D eigenvalue weighted by atomic mass is 16.5. The number of hydrogen-bond acceptors (Lipinski definition) is 8. The maximum atomic E-state index is 8.91. The fraction of sp³-hybridized carbons (Fsp3) is 0.208. The first-order valence-corrected chi connectivity index (χ1v) is 10.9. The van der Waals surface area contributed by atoms with E-state index in [2.05, 4.69) is 42.6 Å². The van der Waals surface area contributed by atoms with Crippen LogP contribution in [-0.4, -0.2) is 52.7 Å². The number of aliphatic hydroxyl groups excluding tert-OH is 1. The molecule has 0 unspecified atom stereocenters. The van der Waals surface area contributed by atoms with Crippen LogP contribution < -0.4 is 10.1 Å². The van der Waals surface area contributed by atoms with Gasteiger partial charge in [-0.1, -0.05) is 24.3 Å². The van der Waals surface area contributed by atoms with Crippen LogP contribution >= 0.6 is 0 Å². The third kappa shape index (κ3) is 4.71. The van der Waals surface area contributed by atoms with Crippen molar-refractivity contribution in [1.82, 2.24) is 34.3 Å². The summed E-state index contributed by atoms with van der Waals surface area (Å²) in [5, 5.41) is 20.7. The van der Waals surface area contributed by atoms with Crippen molar-refractivity contribution in [2.75, 3.05) is 18.5 Å². The average molecular weight is 457 g/mol. The lowest BCUT2D eigenvalue weighted by molar-refractivity contribution is 0.233. The van der Waals surface area contributed by atoms with Crippen molar-refractivity contribution in [3.63, 3.8) is 0 Å². The Kier molecular flexibility index (Phi) is 6.13. The molecule has 0 fully saturated rings. The Morgan fingerprint density at radius 2 is 1.88 bits per heavy atom. The molecule has 1 aromatic carbocycles. The Bertz CT molecular complexity index is 1390.